The summed E-state index contributed by atoms with van der Waals surface area (Å²) in [5, 5.41) is 4.69. The normalized spacial score (nSPS) is 15.3. The van der Waals surface area contributed by atoms with Gasteiger partial charge in [0, 0.05) is 30.4 Å². The first-order valence-electron chi connectivity index (χ1n) is 9.37. The van der Waals surface area contributed by atoms with Crippen LogP contribution in [0.15, 0.2) is 36.4 Å². The van der Waals surface area contributed by atoms with Gasteiger partial charge in [0.2, 0.25) is 0 Å². The van der Waals surface area contributed by atoms with Gasteiger partial charge in [0.15, 0.2) is 5.82 Å². The van der Waals surface area contributed by atoms with Crippen LogP contribution in [0.5, 0.6) is 0 Å². The molecule has 0 unspecified atom stereocenters. The van der Waals surface area contributed by atoms with E-state index in [0.717, 1.165) is 43.0 Å². The minimum Gasteiger partial charge on any atom is -0.466 e. The Morgan fingerprint density at radius 1 is 1.19 bits per heavy atom. The first-order chi connectivity index (χ1) is 13.2. The van der Waals surface area contributed by atoms with Gasteiger partial charge in [0.05, 0.1) is 12.5 Å². The summed E-state index contributed by atoms with van der Waals surface area (Å²) in [5.74, 6) is 2.12. The van der Waals surface area contributed by atoms with Crippen LogP contribution in [0, 0.1) is 12.8 Å². The zero-order valence-corrected chi connectivity index (χ0v) is 15.6. The molecule has 7 heteroatoms. The van der Waals surface area contributed by atoms with Crippen LogP contribution in [0.1, 0.15) is 25.5 Å². The summed E-state index contributed by atoms with van der Waals surface area (Å²) < 4.78 is 6.97. The lowest BCUT2D eigenvalue weighted by Gasteiger charge is -2.32. The maximum absolute atomic E-state index is 12.0. The van der Waals surface area contributed by atoms with E-state index < -0.39 is 0 Å². The van der Waals surface area contributed by atoms with Crippen molar-refractivity contribution in [2.45, 2.75) is 26.7 Å². The predicted molar refractivity (Wildman–Crippen MR) is 103 cm³/mol. The first-order valence-corrected chi connectivity index (χ1v) is 9.37. The van der Waals surface area contributed by atoms with Gasteiger partial charge in [-0.1, -0.05) is 30.3 Å². The molecule has 0 N–H and O–H groups in total. The topological polar surface area (TPSA) is 72.6 Å². The standard InChI is InChI=1S/C20H23N5O2/c1-3-27-19(26)16-9-11-24(12-10-16)17-13-14(2)21-20-22-18(23-25(17)20)15-7-5-4-6-8-15/h4-8,13,16H,3,9-12H2,1-2H3. The maximum atomic E-state index is 12.0. The Balaban J connectivity index is 1.62. The van der Waals surface area contributed by atoms with Gasteiger partial charge in [-0.05, 0) is 26.7 Å². The Hall–Kier alpha value is -2.96. The van der Waals surface area contributed by atoms with Crippen molar-refractivity contribution in [3.8, 4) is 11.4 Å². The van der Waals surface area contributed by atoms with Crippen molar-refractivity contribution in [3.63, 3.8) is 0 Å². The molecule has 7 nitrogen and oxygen atoms in total. The molecule has 0 aliphatic carbocycles. The van der Waals surface area contributed by atoms with Crippen LogP contribution < -0.4 is 4.90 Å². The van der Waals surface area contributed by atoms with Gasteiger partial charge in [-0.15, -0.1) is 5.10 Å². The van der Waals surface area contributed by atoms with E-state index in [9.17, 15) is 4.79 Å². The molecule has 0 atom stereocenters. The van der Waals surface area contributed by atoms with Gasteiger partial charge < -0.3 is 9.64 Å². The average Bonchev–Trinajstić information content (AvgIpc) is 3.12. The second-order valence-corrected chi connectivity index (χ2v) is 6.78. The quantitative estimate of drug-likeness (QED) is 0.662. The van der Waals surface area contributed by atoms with E-state index in [0.29, 0.717) is 18.2 Å². The van der Waals surface area contributed by atoms with E-state index in [2.05, 4.69) is 14.9 Å². The van der Waals surface area contributed by atoms with Crippen molar-refractivity contribution >= 4 is 17.6 Å². The van der Waals surface area contributed by atoms with Gasteiger partial charge in [0.25, 0.3) is 5.78 Å². The number of hydrogen-bond donors (Lipinski definition) is 0. The molecular formula is C20H23N5O2. The Bertz CT molecular complexity index is 946. The van der Waals surface area contributed by atoms with Gasteiger partial charge in [-0.2, -0.15) is 9.50 Å². The Morgan fingerprint density at radius 2 is 1.93 bits per heavy atom. The summed E-state index contributed by atoms with van der Waals surface area (Å²) in [4.78, 5) is 23.4. The summed E-state index contributed by atoms with van der Waals surface area (Å²) in [7, 11) is 0. The summed E-state index contributed by atoms with van der Waals surface area (Å²) in [5.41, 5.74) is 1.87. The van der Waals surface area contributed by atoms with Gasteiger partial charge in [-0.3, -0.25) is 4.79 Å². The lowest BCUT2D eigenvalue weighted by atomic mass is 9.97. The number of aryl methyl sites for hydroxylation is 1. The molecule has 2 aromatic heterocycles. The monoisotopic (exact) mass is 365 g/mol. The van der Waals surface area contributed by atoms with Crippen molar-refractivity contribution in [2.75, 3.05) is 24.6 Å². The van der Waals surface area contributed by atoms with Crippen LogP contribution in [0.4, 0.5) is 5.82 Å². The van der Waals surface area contributed by atoms with E-state index in [4.69, 9.17) is 9.84 Å². The Morgan fingerprint density at radius 3 is 2.63 bits per heavy atom. The van der Waals surface area contributed by atoms with Gasteiger partial charge in [0.1, 0.15) is 5.82 Å². The third kappa shape index (κ3) is 3.49. The molecule has 1 aliphatic rings. The summed E-state index contributed by atoms with van der Waals surface area (Å²) in [6, 6.07) is 11.9. The van der Waals surface area contributed by atoms with Crippen LogP contribution >= 0.6 is 0 Å². The molecule has 3 heterocycles. The molecule has 0 spiro atoms. The van der Waals surface area contributed by atoms with Crippen molar-refractivity contribution < 1.29 is 9.53 Å². The number of piperidine rings is 1. The molecule has 0 amide bonds. The van der Waals surface area contributed by atoms with E-state index in [1.165, 1.54) is 0 Å². The highest BCUT2D eigenvalue weighted by atomic mass is 16.5. The minimum absolute atomic E-state index is 0.0183. The number of rotatable bonds is 4. The number of hydrogen-bond acceptors (Lipinski definition) is 6. The van der Waals surface area contributed by atoms with Crippen molar-refractivity contribution in [2.24, 2.45) is 5.92 Å². The average molecular weight is 365 g/mol. The predicted octanol–water partition coefficient (Wildman–Crippen LogP) is 2.88. The fraction of sp³-hybridized carbons (Fsp3) is 0.400. The highest BCUT2D eigenvalue weighted by molar-refractivity contribution is 5.73. The SMILES string of the molecule is CCOC(=O)C1CCN(c2cc(C)nc3nc(-c4ccccc4)nn23)CC1. The minimum atomic E-state index is -0.0830. The molecule has 0 radical (unpaired) electrons. The van der Waals surface area contributed by atoms with Crippen LogP contribution in [-0.2, 0) is 9.53 Å². The lowest BCUT2D eigenvalue weighted by Crippen LogP contribution is -2.38. The number of ether oxygens (including phenoxy) is 1. The van der Waals surface area contributed by atoms with Crippen LogP contribution in [0.25, 0.3) is 17.2 Å². The van der Waals surface area contributed by atoms with E-state index in [1.54, 1.807) is 4.52 Å². The molecule has 1 aromatic carbocycles. The largest absolute Gasteiger partial charge is 0.466 e. The Labute approximate surface area is 158 Å². The lowest BCUT2D eigenvalue weighted by molar-refractivity contribution is -0.148. The summed E-state index contributed by atoms with van der Waals surface area (Å²) in [6.45, 7) is 5.81. The highest BCUT2D eigenvalue weighted by Crippen LogP contribution is 2.26. The molecule has 4 rings (SSSR count). The molecule has 3 aromatic rings. The fourth-order valence-electron chi connectivity index (χ4n) is 3.51. The summed E-state index contributed by atoms with van der Waals surface area (Å²) in [6.07, 6.45) is 1.56. The molecule has 1 aliphatic heterocycles. The number of esters is 1. The maximum Gasteiger partial charge on any atom is 0.309 e. The second kappa shape index (κ2) is 7.34. The van der Waals surface area contributed by atoms with Crippen LogP contribution in [0.2, 0.25) is 0 Å². The molecule has 1 fully saturated rings. The van der Waals surface area contributed by atoms with Gasteiger partial charge in [-0.25, -0.2) is 4.98 Å². The molecular weight excluding hydrogens is 342 g/mol. The van der Waals surface area contributed by atoms with Crippen LogP contribution in [-0.4, -0.2) is 45.2 Å². The van der Waals surface area contributed by atoms with E-state index in [1.807, 2.05) is 50.2 Å². The third-order valence-electron chi connectivity index (χ3n) is 4.89. The fourth-order valence-corrected chi connectivity index (χ4v) is 3.51. The molecule has 1 saturated heterocycles. The van der Waals surface area contributed by atoms with Crippen LogP contribution in [0.3, 0.4) is 0 Å². The number of benzene rings is 1. The number of fused-ring (bicyclic) bond motifs is 1. The zero-order valence-electron chi connectivity index (χ0n) is 15.6. The smallest absolute Gasteiger partial charge is 0.309 e. The molecule has 0 bridgehead atoms. The highest BCUT2D eigenvalue weighted by Gasteiger charge is 2.27. The van der Waals surface area contributed by atoms with Crippen molar-refractivity contribution in [1.82, 2.24) is 19.6 Å². The Kier molecular flexibility index (Phi) is 4.75. The third-order valence-corrected chi connectivity index (χ3v) is 4.89. The summed E-state index contributed by atoms with van der Waals surface area (Å²) >= 11 is 0. The number of anilines is 1. The van der Waals surface area contributed by atoms with Gasteiger partial charge >= 0.3 is 5.97 Å². The number of aromatic nitrogens is 4. The number of nitrogens with zero attached hydrogens (tertiary/aromatic N) is 5. The number of carbonyl (C=O) groups is 1. The van der Waals surface area contributed by atoms with Crippen molar-refractivity contribution in [3.05, 3.63) is 42.1 Å². The first kappa shape index (κ1) is 17.5. The number of carbonyl (C=O) groups excluding carboxylic acids is 1. The molecule has 0 saturated carbocycles. The second-order valence-electron chi connectivity index (χ2n) is 6.78. The molecule has 140 valence electrons. The van der Waals surface area contributed by atoms with E-state index >= 15 is 0 Å². The van der Waals surface area contributed by atoms with Crippen molar-refractivity contribution in [1.29, 1.82) is 0 Å². The van der Waals surface area contributed by atoms with E-state index in [-0.39, 0.29) is 11.9 Å². The zero-order chi connectivity index (χ0) is 18.8. The molecule has 27 heavy (non-hydrogen) atoms.